The molecule has 0 unspecified atom stereocenters. The van der Waals surface area contributed by atoms with Crippen molar-refractivity contribution in [1.82, 2.24) is 24.2 Å². The van der Waals surface area contributed by atoms with Crippen molar-refractivity contribution >= 4 is 23.8 Å². The normalized spacial score (nSPS) is 15.1. The van der Waals surface area contributed by atoms with Crippen molar-refractivity contribution in [3.05, 3.63) is 70.0 Å². The monoisotopic (exact) mass is 401 g/mol. The van der Waals surface area contributed by atoms with E-state index in [-0.39, 0.29) is 0 Å². The summed E-state index contributed by atoms with van der Waals surface area (Å²) in [4.78, 5) is 6.47. The summed E-state index contributed by atoms with van der Waals surface area (Å²) in [6.07, 6.45) is 2.40. The highest BCUT2D eigenvalue weighted by atomic mass is 35.5. The summed E-state index contributed by atoms with van der Waals surface area (Å²) in [5, 5.41) is 5.31. The second kappa shape index (κ2) is 8.31. The lowest BCUT2D eigenvalue weighted by atomic mass is 10.2. The summed E-state index contributed by atoms with van der Waals surface area (Å²) < 4.78 is 10.0. The molecule has 4 rings (SSSR count). The van der Waals surface area contributed by atoms with Crippen molar-refractivity contribution in [3.63, 3.8) is 0 Å². The molecule has 27 heavy (non-hydrogen) atoms. The molecule has 8 heteroatoms. The number of benzene rings is 1. The number of morpholine rings is 1. The van der Waals surface area contributed by atoms with E-state index in [1.54, 1.807) is 12.3 Å². The van der Waals surface area contributed by atoms with E-state index in [1.807, 2.05) is 45.6 Å². The Bertz CT molecular complexity index is 948. The highest BCUT2D eigenvalue weighted by Crippen LogP contribution is 2.17. The van der Waals surface area contributed by atoms with E-state index in [9.17, 15) is 0 Å². The molecule has 0 aliphatic carbocycles. The average molecular weight is 402 g/mol. The lowest BCUT2D eigenvalue weighted by molar-refractivity contribution is 0.0209. The molecule has 3 heterocycles. The number of para-hydroxylation sites is 1. The summed E-state index contributed by atoms with van der Waals surface area (Å²) in [6.45, 7) is 3.92. The first-order chi connectivity index (χ1) is 13.2. The lowest BCUT2D eigenvalue weighted by Crippen LogP contribution is -2.37. The van der Waals surface area contributed by atoms with Crippen LogP contribution in [0.5, 0.6) is 0 Å². The van der Waals surface area contributed by atoms with Gasteiger partial charge >= 0.3 is 0 Å². The van der Waals surface area contributed by atoms with Gasteiger partial charge in [-0.25, -0.2) is 9.67 Å². The van der Waals surface area contributed by atoms with Crippen molar-refractivity contribution in [1.29, 1.82) is 0 Å². The van der Waals surface area contributed by atoms with Gasteiger partial charge in [-0.05, 0) is 36.0 Å². The van der Waals surface area contributed by atoms with Crippen LogP contribution in [0.4, 0.5) is 0 Å². The number of halogens is 1. The fourth-order valence-corrected chi connectivity index (χ4v) is 3.54. The zero-order valence-corrected chi connectivity index (χ0v) is 16.4. The molecule has 140 valence electrons. The summed E-state index contributed by atoms with van der Waals surface area (Å²) in [6, 6.07) is 13.8. The standard InChI is InChI=1S/C19H20ClN5OS/c20-17-7-6-15(13-21-17)12-18-22-24(14-23-8-10-26-11-9-23)19(27)25(18)16-4-2-1-3-5-16/h1-7,13H,8-12,14H2. The molecular formula is C19H20ClN5OS. The van der Waals surface area contributed by atoms with Crippen LogP contribution in [-0.2, 0) is 17.8 Å². The Balaban J connectivity index is 1.70. The van der Waals surface area contributed by atoms with E-state index in [2.05, 4.69) is 9.88 Å². The Morgan fingerprint density at radius 3 is 2.56 bits per heavy atom. The van der Waals surface area contributed by atoms with E-state index in [4.69, 9.17) is 33.7 Å². The molecule has 0 bridgehead atoms. The maximum absolute atomic E-state index is 5.91. The second-order valence-electron chi connectivity index (χ2n) is 6.41. The highest BCUT2D eigenvalue weighted by molar-refractivity contribution is 7.71. The largest absolute Gasteiger partial charge is 0.379 e. The molecule has 1 fully saturated rings. The minimum atomic E-state index is 0.483. The first-order valence-corrected chi connectivity index (χ1v) is 9.64. The fraction of sp³-hybridized carbons (Fsp3) is 0.316. The van der Waals surface area contributed by atoms with Gasteiger partial charge in [-0.2, -0.15) is 5.10 Å². The Kier molecular flexibility index (Phi) is 5.63. The van der Waals surface area contributed by atoms with Crippen LogP contribution in [0, 0.1) is 4.77 Å². The maximum atomic E-state index is 5.91. The fourth-order valence-electron chi connectivity index (χ4n) is 3.12. The van der Waals surface area contributed by atoms with Crippen molar-refractivity contribution in [3.8, 4) is 5.69 Å². The summed E-state index contributed by atoms with van der Waals surface area (Å²) >= 11 is 11.7. The third kappa shape index (κ3) is 4.27. The third-order valence-electron chi connectivity index (χ3n) is 4.51. The first kappa shape index (κ1) is 18.3. The zero-order valence-electron chi connectivity index (χ0n) is 14.8. The SMILES string of the molecule is S=c1n(CN2CCOCC2)nc(Cc2ccc(Cl)nc2)n1-c1ccccc1. The van der Waals surface area contributed by atoms with E-state index in [0.717, 1.165) is 43.4 Å². The number of pyridine rings is 1. The molecule has 0 N–H and O–H groups in total. The molecule has 6 nitrogen and oxygen atoms in total. The van der Waals surface area contributed by atoms with Gasteiger partial charge in [-0.3, -0.25) is 9.47 Å². The van der Waals surface area contributed by atoms with Crippen LogP contribution >= 0.6 is 23.8 Å². The van der Waals surface area contributed by atoms with Crippen LogP contribution in [0.15, 0.2) is 48.7 Å². The molecule has 3 aromatic rings. The number of ether oxygens (including phenoxy) is 1. The van der Waals surface area contributed by atoms with Crippen LogP contribution in [0.1, 0.15) is 11.4 Å². The van der Waals surface area contributed by atoms with Crippen LogP contribution < -0.4 is 0 Å². The Morgan fingerprint density at radius 1 is 1.07 bits per heavy atom. The topological polar surface area (TPSA) is 48.1 Å². The molecule has 0 spiro atoms. The molecule has 2 aromatic heterocycles. The van der Waals surface area contributed by atoms with Crippen LogP contribution in [0.25, 0.3) is 5.69 Å². The first-order valence-electron chi connectivity index (χ1n) is 8.85. The number of aromatic nitrogens is 4. The zero-order chi connectivity index (χ0) is 18.6. The van der Waals surface area contributed by atoms with Crippen molar-refractivity contribution in [2.45, 2.75) is 13.1 Å². The molecule has 1 saturated heterocycles. The van der Waals surface area contributed by atoms with E-state index >= 15 is 0 Å². The summed E-state index contributed by atoms with van der Waals surface area (Å²) in [5.41, 5.74) is 2.04. The average Bonchev–Trinajstić information content (AvgIpc) is 3.00. The minimum Gasteiger partial charge on any atom is -0.379 e. The van der Waals surface area contributed by atoms with Gasteiger partial charge in [0.1, 0.15) is 11.0 Å². The quantitative estimate of drug-likeness (QED) is 0.484. The molecule has 0 saturated carbocycles. The van der Waals surface area contributed by atoms with E-state index in [0.29, 0.717) is 23.0 Å². The molecule has 0 atom stereocenters. The molecular weight excluding hydrogens is 382 g/mol. The Morgan fingerprint density at radius 2 is 1.85 bits per heavy atom. The summed E-state index contributed by atoms with van der Waals surface area (Å²) in [7, 11) is 0. The molecule has 0 radical (unpaired) electrons. The molecule has 1 aliphatic rings. The smallest absolute Gasteiger partial charge is 0.203 e. The Hall–Kier alpha value is -2.06. The Labute approximate surface area is 168 Å². The van der Waals surface area contributed by atoms with Crippen molar-refractivity contribution in [2.75, 3.05) is 26.3 Å². The van der Waals surface area contributed by atoms with Crippen LogP contribution in [0.3, 0.4) is 0 Å². The van der Waals surface area contributed by atoms with E-state index < -0.39 is 0 Å². The summed E-state index contributed by atoms with van der Waals surface area (Å²) in [5.74, 6) is 0.878. The minimum absolute atomic E-state index is 0.483. The molecule has 1 aliphatic heterocycles. The van der Waals surface area contributed by atoms with Crippen molar-refractivity contribution < 1.29 is 4.74 Å². The van der Waals surface area contributed by atoms with Gasteiger partial charge in [0.05, 0.1) is 19.9 Å². The lowest BCUT2D eigenvalue weighted by Gasteiger charge is -2.26. The second-order valence-corrected chi connectivity index (χ2v) is 7.16. The third-order valence-corrected chi connectivity index (χ3v) is 5.13. The maximum Gasteiger partial charge on any atom is 0.203 e. The van der Waals surface area contributed by atoms with Gasteiger partial charge in [-0.1, -0.05) is 35.9 Å². The van der Waals surface area contributed by atoms with Gasteiger partial charge in [0.25, 0.3) is 0 Å². The number of nitrogens with zero attached hydrogens (tertiary/aromatic N) is 5. The highest BCUT2D eigenvalue weighted by Gasteiger charge is 2.17. The van der Waals surface area contributed by atoms with Gasteiger partial charge in [0, 0.05) is 31.4 Å². The van der Waals surface area contributed by atoms with Gasteiger partial charge < -0.3 is 4.74 Å². The van der Waals surface area contributed by atoms with E-state index in [1.165, 1.54) is 0 Å². The van der Waals surface area contributed by atoms with Crippen molar-refractivity contribution in [2.24, 2.45) is 0 Å². The van der Waals surface area contributed by atoms with Gasteiger partial charge in [-0.15, -0.1) is 0 Å². The number of hydrogen-bond acceptors (Lipinski definition) is 5. The number of rotatable bonds is 5. The van der Waals surface area contributed by atoms with Gasteiger partial charge in [0.15, 0.2) is 0 Å². The molecule has 1 aromatic carbocycles. The van der Waals surface area contributed by atoms with Crippen LogP contribution in [0.2, 0.25) is 5.15 Å². The predicted molar refractivity (Wildman–Crippen MR) is 107 cm³/mol. The number of hydrogen-bond donors (Lipinski definition) is 0. The molecule has 0 amide bonds. The predicted octanol–water partition coefficient (Wildman–Crippen LogP) is 3.33. The van der Waals surface area contributed by atoms with Gasteiger partial charge in [0.2, 0.25) is 4.77 Å². The van der Waals surface area contributed by atoms with Crippen LogP contribution in [-0.4, -0.2) is 50.5 Å².